The Hall–Kier alpha value is -0.670. The second kappa shape index (κ2) is 7.05. The normalized spacial score (nSPS) is 16.8. The van der Waals surface area contributed by atoms with Gasteiger partial charge in [0.05, 0.1) is 7.11 Å². The highest BCUT2D eigenvalue weighted by molar-refractivity contribution is 7.99. The predicted octanol–water partition coefficient (Wildman–Crippen LogP) is 3.72. The van der Waals surface area contributed by atoms with Gasteiger partial charge in [0.15, 0.2) is 0 Å². The van der Waals surface area contributed by atoms with Gasteiger partial charge >= 0.3 is 0 Å². The molecule has 1 aliphatic carbocycles. The van der Waals surface area contributed by atoms with Crippen LogP contribution in [0.2, 0.25) is 0 Å². The van der Waals surface area contributed by atoms with Gasteiger partial charge in [0.25, 0.3) is 0 Å². The molecule has 0 unspecified atom stereocenters. The molecular weight excluding hydrogens is 242 g/mol. The third kappa shape index (κ3) is 3.66. The second-order valence-electron chi connectivity index (χ2n) is 4.92. The Morgan fingerprint density at radius 3 is 2.72 bits per heavy atom. The van der Waals surface area contributed by atoms with E-state index in [1.54, 1.807) is 7.11 Å². The molecule has 100 valence electrons. The molecule has 0 amide bonds. The van der Waals surface area contributed by atoms with E-state index in [1.165, 1.54) is 37.7 Å². The lowest BCUT2D eigenvalue weighted by Gasteiger charge is -2.21. The van der Waals surface area contributed by atoms with Gasteiger partial charge in [-0.15, -0.1) is 0 Å². The molecule has 0 saturated heterocycles. The van der Waals surface area contributed by atoms with E-state index < -0.39 is 0 Å². The van der Waals surface area contributed by atoms with Crippen LogP contribution in [0.4, 0.5) is 0 Å². The summed E-state index contributed by atoms with van der Waals surface area (Å²) in [5, 5.41) is 0.860. The van der Waals surface area contributed by atoms with Gasteiger partial charge in [-0.25, -0.2) is 0 Å². The molecule has 2 rings (SSSR count). The van der Waals surface area contributed by atoms with Crippen LogP contribution < -0.4 is 10.5 Å². The summed E-state index contributed by atoms with van der Waals surface area (Å²) in [6.45, 7) is 0.541. The van der Waals surface area contributed by atoms with Crippen molar-refractivity contribution in [2.24, 2.45) is 5.73 Å². The SMILES string of the molecule is COc1cc(CSC2CCCCC2)ccc1CN. The largest absolute Gasteiger partial charge is 0.496 e. The number of ether oxygens (including phenoxy) is 1. The van der Waals surface area contributed by atoms with Gasteiger partial charge in [0.2, 0.25) is 0 Å². The Balaban J connectivity index is 1.92. The van der Waals surface area contributed by atoms with Crippen LogP contribution in [-0.4, -0.2) is 12.4 Å². The summed E-state index contributed by atoms with van der Waals surface area (Å²) in [6, 6.07) is 6.41. The number of methoxy groups -OCH3 is 1. The van der Waals surface area contributed by atoms with Gasteiger partial charge < -0.3 is 10.5 Å². The molecule has 0 radical (unpaired) electrons. The van der Waals surface area contributed by atoms with Gasteiger partial charge in [-0.2, -0.15) is 11.8 Å². The molecule has 1 saturated carbocycles. The Bertz CT molecular complexity index is 375. The van der Waals surface area contributed by atoms with E-state index in [1.807, 2.05) is 0 Å². The van der Waals surface area contributed by atoms with Crippen LogP contribution >= 0.6 is 11.8 Å². The summed E-state index contributed by atoms with van der Waals surface area (Å²) < 4.78 is 5.38. The summed E-state index contributed by atoms with van der Waals surface area (Å²) >= 11 is 2.10. The molecule has 3 heteroatoms. The third-order valence-corrected chi connectivity index (χ3v) is 5.05. The number of hydrogen-bond acceptors (Lipinski definition) is 3. The second-order valence-corrected chi connectivity index (χ2v) is 6.21. The van der Waals surface area contributed by atoms with Crippen molar-refractivity contribution in [3.63, 3.8) is 0 Å². The van der Waals surface area contributed by atoms with Crippen molar-refractivity contribution < 1.29 is 4.74 Å². The van der Waals surface area contributed by atoms with E-state index in [0.29, 0.717) is 6.54 Å². The zero-order chi connectivity index (χ0) is 12.8. The Morgan fingerprint density at radius 2 is 2.06 bits per heavy atom. The Labute approximate surface area is 114 Å². The maximum atomic E-state index is 5.68. The molecule has 1 fully saturated rings. The van der Waals surface area contributed by atoms with E-state index in [9.17, 15) is 0 Å². The zero-order valence-corrected chi connectivity index (χ0v) is 12.0. The maximum absolute atomic E-state index is 5.68. The van der Waals surface area contributed by atoms with Crippen molar-refractivity contribution in [3.8, 4) is 5.75 Å². The molecule has 0 aromatic heterocycles. The lowest BCUT2D eigenvalue weighted by Crippen LogP contribution is -2.08. The summed E-state index contributed by atoms with van der Waals surface area (Å²) in [6.07, 6.45) is 7.03. The average molecular weight is 265 g/mol. The van der Waals surface area contributed by atoms with Crippen LogP contribution in [-0.2, 0) is 12.3 Å². The van der Waals surface area contributed by atoms with Crippen LogP contribution in [0.1, 0.15) is 43.2 Å². The molecule has 0 spiro atoms. The summed E-state index contributed by atoms with van der Waals surface area (Å²) in [7, 11) is 1.71. The minimum Gasteiger partial charge on any atom is -0.496 e. The highest BCUT2D eigenvalue weighted by Crippen LogP contribution is 2.31. The topological polar surface area (TPSA) is 35.2 Å². The van der Waals surface area contributed by atoms with Crippen LogP contribution in [0.25, 0.3) is 0 Å². The number of hydrogen-bond donors (Lipinski definition) is 1. The number of thioether (sulfide) groups is 1. The van der Waals surface area contributed by atoms with Crippen molar-refractivity contribution in [1.29, 1.82) is 0 Å². The van der Waals surface area contributed by atoms with E-state index in [4.69, 9.17) is 10.5 Å². The lowest BCUT2D eigenvalue weighted by atomic mass is 10.0. The van der Waals surface area contributed by atoms with Crippen molar-refractivity contribution in [1.82, 2.24) is 0 Å². The molecule has 2 nitrogen and oxygen atoms in total. The van der Waals surface area contributed by atoms with Gasteiger partial charge in [0, 0.05) is 23.1 Å². The Morgan fingerprint density at radius 1 is 1.28 bits per heavy atom. The number of nitrogens with two attached hydrogens (primary N) is 1. The Kier molecular flexibility index (Phi) is 5.39. The molecular formula is C15H23NOS. The van der Waals surface area contributed by atoms with Crippen molar-refractivity contribution in [3.05, 3.63) is 29.3 Å². The zero-order valence-electron chi connectivity index (χ0n) is 11.2. The quantitative estimate of drug-likeness (QED) is 0.881. The molecule has 1 aliphatic rings. The number of rotatable bonds is 5. The lowest BCUT2D eigenvalue weighted by molar-refractivity contribution is 0.409. The first-order valence-corrected chi connectivity index (χ1v) is 7.86. The minimum absolute atomic E-state index is 0.541. The maximum Gasteiger partial charge on any atom is 0.123 e. The minimum atomic E-state index is 0.541. The van der Waals surface area contributed by atoms with E-state index in [-0.39, 0.29) is 0 Å². The highest BCUT2D eigenvalue weighted by Gasteiger charge is 2.14. The summed E-state index contributed by atoms with van der Waals surface area (Å²) in [4.78, 5) is 0. The smallest absolute Gasteiger partial charge is 0.123 e. The molecule has 0 aliphatic heterocycles. The fourth-order valence-corrected chi connectivity index (χ4v) is 3.77. The predicted molar refractivity (Wildman–Crippen MR) is 79.1 cm³/mol. The van der Waals surface area contributed by atoms with Crippen molar-refractivity contribution >= 4 is 11.8 Å². The molecule has 0 heterocycles. The van der Waals surface area contributed by atoms with E-state index in [2.05, 4.69) is 30.0 Å². The fraction of sp³-hybridized carbons (Fsp3) is 0.600. The van der Waals surface area contributed by atoms with Gasteiger partial charge in [-0.3, -0.25) is 0 Å². The first-order chi connectivity index (χ1) is 8.83. The molecule has 1 aromatic carbocycles. The van der Waals surface area contributed by atoms with Gasteiger partial charge in [-0.1, -0.05) is 31.4 Å². The average Bonchev–Trinajstić information content (AvgIpc) is 2.45. The summed E-state index contributed by atoms with van der Waals surface area (Å²) in [5.41, 5.74) is 8.12. The first-order valence-electron chi connectivity index (χ1n) is 6.81. The van der Waals surface area contributed by atoms with Crippen molar-refractivity contribution in [2.75, 3.05) is 7.11 Å². The first kappa shape index (κ1) is 13.8. The highest BCUT2D eigenvalue weighted by atomic mass is 32.2. The van der Waals surface area contributed by atoms with Crippen LogP contribution in [0.15, 0.2) is 18.2 Å². The van der Waals surface area contributed by atoms with Crippen LogP contribution in [0.3, 0.4) is 0 Å². The standard InChI is InChI=1S/C15H23NOS/c1-17-15-9-12(7-8-13(15)10-16)11-18-14-5-3-2-4-6-14/h7-9,14H,2-6,10-11,16H2,1H3. The molecule has 0 atom stereocenters. The van der Waals surface area contributed by atoms with E-state index in [0.717, 1.165) is 22.3 Å². The van der Waals surface area contributed by atoms with Crippen LogP contribution in [0, 0.1) is 0 Å². The molecule has 1 aromatic rings. The molecule has 0 bridgehead atoms. The third-order valence-electron chi connectivity index (χ3n) is 3.61. The fourth-order valence-electron chi connectivity index (χ4n) is 2.49. The summed E-state index contributed by atoms with van der Waals surface area (Å²) in [5.74, 6) is 2.02. The molecule has 18 heavy (non-hydrogen) atoms. The van der Waals surface area contributed by atoms with Crippen LogP contribution in [0.5, 0.6) is 5.75 Å². The molecule has 2 N–H and O–H groups in total. The van der Waals surface area contributed by atoms with Gasteiger partial charge in [-0.05, 0) is 24.5 Å². The van der Waals surface area contributed by atoms with Crippen molar-refractivity contribution in [2.45, 2.75) is 49.7 Å². The number of benzene rings is 1. The van der Waals surface area contributed by atoms with E-state index >= 15 is 0 Å². The monoisotopic (exact) mass is 265 g/mol. The van der Waals surface area contributed by atoms with Gasteiger partial charge in [0.1, 0.15) is 5.75 Å².